The highest BCUT2D eigenvalue weighted by Gasteiger charge is 2.48. The quantitative estimate of drug-likeness (QED) is 0.276. The van der Waals surface area contributed by atoms with Gasteiger partial charge in [-0.05, 0) is 69.7 Å². The average Bonchev–Trinajstić information content (AvgIpc) is 3.64. The number of hydrogen-bond acceptors (Lipinski definition) is 10. The van der Waals surface area contributed by atoms with Gasteiger partial charge in [-0.15, -0.1) is 5.10 Å². The van der Waals surface area contributed by atoms with Gasteiger partial charge in [-0.3, -0.25) is 4.79 Å². The number of hydrogen-bond donors (Lipinski definition) is 1. The first-order valence-corrected chi connectivity index (χ1v) is 18.9. The first-order valence-electron chi connectivity index (χ1n) is 18.9. The molecule has 53 heavy (non-hydrogen) atoms. The van der Waals surface area contributed by atoms with E-state index in [1.165, 1.54) is 0 Å². The van der Waals surface area contributed by atoms with Crippen molar-refractivity contribution >= 4 is 29.6 Å². The van der Waals surface area contributed by atoms with Crippen LogP contribution in [0.3, 0.4) is 0 Å². The van der Waals surface area contributed by atoms with Crippen LogP contribution in [-0.2, 0) is 20.9 Å². The van der Waals surface area contributed by atoms with E-state index in [1.807, 2.05) is 70.9 Å². The van der Waals surface area contributed by atoms with E-state index >= 15 is 0 Å². The van der Waals surface area contributed by atoms with E-state index in [9.17, 15) is 14.4 Å². The molecule has 1 aromatic carbocycles. The molecule has 1 saturated carbocycles. The van der Waals surface area contributed by atoms with Crippen LogP contribution >= 0.6 is 0 Å². The first kappa shape index (κ1) is 36.5. The lowest BCUT2D eigenvalue weighted by Gasteiger charge is -2.43. The summed E-state index contributed by atoms with van der Waals surface area (Å²) in [6, 6.07) is 11.6. The van der Waals surface area contributed by atoms with Crippen molar-refractivity contribution in [2.24, 2.45) is 5.92 Å². The Balaban J connectivity index is 0.994. The third-order valence-electron chi connectivity index (χ3n) is 10.7. The van der Waals surface area contributed by atoms with Gasteiger partial charge in [0, 0.05) is 38.5 Å². The second kappa shape index (κ2) is 15.6. The summed E-state index contributed by atoms with van der Waals surface area (Å²) in [6.45, 7) is 8.14. The molecule has 4 aliphatic rings. The molecule has 7 rings (SSSR count). The van der Waals surface area contributed by atoms with Crippen molar-refractivity contribution in [3.05, 3.63) is 65.9 Å². The molecule has 4 fully saturated rings. The summed E-state index contributed by atoms with van der Waals surface area (Å²) in [5.74, 6) is 1.69. The Morgan fingerprint density at radius 1 is 1.00 bits per heavy atom. The van der Waals surface area contributed by atoms with E-state index in [2.05, 4.69) is 19.2 Å². The van der Waals surface area contributed by atoms with Crippen LogP contribution in [0.4, 0.5) is 15.4 Å². The monoisotopic (exact) mass is 728 g/mol. The van der Waals surface area contributed by atoms with E-state index < -0.39 is 0 Å². The van der Waals surface area contributed by atoms with Crippen molar-refractivity contribution in [1.82, 2.24) is 34.2 Å². The number of ether oxygens (including phenoxy) is 3. The van der Waals surface area contributed by atoms with Crippen LogP contribution in [0, 0.1) is 5.92 Å². The number of carbonyl (C=O) groups is 3. The van der Waals surface area contributed by atoms with Crippen molar-refractivity contribution in [2.75, 3.05) is 65.2 Å². The van der Waals surface area contributed by atoms with Gasteiger partial charge in [0.2, 0.25) is 11.8 Å². The van der Waals surface area contributed by atoms with Gasteiger partial charge in [0.1, 0.15) is 24.6 Å². The summed E-state index contributed by atoms with van der Waals surface area (Å²) < 4.78 is 19.9. The predicted molar refractivity (Wildman–Crippen MR) is 199 cm³/mol. The molecular formula is C39H52N8O6. The number of nitrogens with one attached hydrogen (secondary N) is 1. The molecule has 3 saturated heterocycles. The van der Waals surface area contributed by atoms with Gasteiger partial charge in [0.25, 0.3) is 0 Å². The van der Waals surface area contributed by atoms with E-state index in [0.717, 1.165) is 49.0 Å². The van der Waals surface area contributed by atoms with Gasteiger partial charge in [0.15, 0.2) is 5.65 Å². The highest BCUT2D eigenvalue weighted by atomic mass is 16.6. The van der Waals surface area contributed by atoms with Gasteiger partial charge in [-0.1, -0.05) is 50.3 Å². The average molecular weight is 729 g/mol. The smallest absolute Gasteiger partial charge is 0.410 e. The van der Waals surface area contributed by atoms with E-state index in [0.29, 0.717) is 63.3 Å². The van der Waals surface area contributed by atoms with Crippen molar-refractivity contribution in [1.29, 1.82) is 0 Å². The third-order valence-corrected chi connectivity index (χ3v) is 10.7. The number of nitrogens with zero attached hydrogens (tertiary/aromatic N) is 7. The number of piperidine rings is 2. The molecule has 2 bridgehead atoms. The molecule has 5 heterocycles. The number of benzene rings is 1. The number of aromatic nitrogens is 3. The fourth-order valence-corrected chi connectivity index (χ4v) is 8.02. The molecule has 2 unspecified atom stereocenters. The Hall–Kier alpha value is -4.85. The number of rotatable bonds is 11. The zero-order chi connectivity index (χ0) is 37.1. The summed E-state index contributed by atoms with van der Waals surface area (Å²) in [5, 5.41) is 8.77. The number of anilines is 1. The Morgan fingerprint density at radius 2 is 1.79 bits per heavy atom. The lowest BCUT2D eigenvalue weighted by atomic mass is 9.91. The Kier molecular flexibility index (Phi) is 10.8. The van der Waals surface area contributed by atoms with Crippen LogP contribution in [0.2, 0.25) is 0 Å². The van der Waals surface area contributed by atoms with E-state index in [4.69, 9.17) is 24.3 Å². The first-order chi connectivity index (χ1) is 25.6. The van der Waals surface area contributed by atoms with Crippen LogP contribution in [-0.4, -0.2) is 130 Å². The second-order valence-corrected chi connectivity index (χ2v) is 15.6. The SMILES string of the molecule is CC(C)c1c(O[C@@H]2CCCN(C(=O)OCc3ccccc3)C2)nn2c(NC34CCC(CN(C(=O)OC5CN(C(=O)/C=C/CN(C)C)C5)C3)C4)ccnc12. The molecule has 3 amide bonds. The largest absolute Gasteiger partial charge is 0.471 e. The van der Waals surface area contributed by atoms with Gasteiger partial charge in [-0.2, -0.15) is 4.52 Å². The van der Waals surface area contributed by atoms with Crippen LogP contribution < -0.4 is 10.1 Å². The number of likely N-dealkylation sites (tertiary alicyclic amines) is 3. The fourth-order valence-electron chi connectivity index (χ4n) is 8.02. The van der Waals surface area contributed by atoms with Crippen molar-refractivity contribution in [2.45, 2.75) is 76.2 Å². The molecule has 1 aliphatic carbocycles. The fraction of sp³-hybridized carbons (Fsp3) is 0.564. The van der Waals surface area contributed by atoms with Gasteiger partial charge >= 0.3 is 12.2 Å². The molecule has 14 heteroatoms. The maximum Gasteiger partial charge on any atom is 0.410 e. The van der Waals surface area contributed by atoms with Crippen molar-refractivity contribution in [3.8, 4) is 5.88 Å². The minimum absolute atomic E-state index is 0.0604. The Labute approximate surface area is 311 Å². The molecule has 3 aromatic rings. The molecule has 14 nitrogen and oxygen atoms in total. The number of carbonyl (C=O) groups excluding carboxylic acids is 3. The van der Waals surface area contributed by atoms with Crippen LogP contribution in [0.5, 0.6) is 5.88 Å². The minimum atomic E-state index is -0.345. The van der Waals surface area contributed by atoms with E-state index in [1.54, 1.807) is 22.1 Å². The summed E-state index contributed by atoms with van der Waals surface area (Å²) in [7, 11) is 3.90. The lowest BCUT2D eigenvalue weighted by Crippen LogP contribution is -2.58. The van der Waals surface area contributed by atoms with Crippen LogP contribution in [0.25, 0.3) is 5.65 Å². The molecule has 3 aliphatic heterocycles. The summed E-state index contributed by atoms with van der Waals surface area (Å²) >= 11 is 0. The highest BCUT2D eigenvalue weighted by molar-refractivity contribution is 5.88. The number of amides is 3. The topological polar surface area (TPSA) is 134 Å². The summed E-state index contributed by atoms with van der Waals surface area (Å²) in [6.07, 6.45) is 8.46. The highest BCUT2D eigenvalue weighted by Crippen LogP contribution is 2.43. The number of likely N-dealkylation sites (N-methyl/N-ethyl adjacent to an activating group) is 1. The normalized spacial score (nSPS) is 23.2. The standard InChI is InChI=1S/C39H52N8O6/c1-27(2)34-35-40-17-15-32(47(35)42-36(34)52-30-12-8-19-44(22-30)37(49)51-25-28-10-6-5-7-11-28)41-39-16-14-29(20-39)21-46(26-39)38(50)53-31-23-45(24-31)33(48)13-9-18-43(3)4/h5-7,9-11,13,15,17,27,29-31,41H,8,12,14,16,18-26H2,1-4H3/b13-9+/t29?,30-,39?/m1/s1. The lowest BCUT2D eigenvalue weighted by molar-refractivity contribution is -0.136. The van der Waals surface area contributed by atoms with Gasteiger partial charge < -0.3 is 39.1 Å². The molecule has 3 atom stereocenters. The second-order valence-electron chi connectivity index (χ2n) is 15.6. The minimum Gasteiger partial charge on any atom is -0.471 e. The number of fused-ring (bicyclic) bond motifs is 3. The maximum atomic E-state index is 13.4. The molecule has 0 spiro atoms. The van der Waals surface area contributed by atoms with Crippen molar-refractivity contribution in [3.63, 3.8) is 0 Å². The molecule has 2 aromatic heterocycles. The zero-order valence-electron chi connectivity index (χ0n) is 31.3. The molecule has 1 N–H and O–H groups in total. The van der Waals surface area contributed by atoms with Gasteiger partial charge in [-0.25, -0.2) is 14.6 Å². The van der Waals surface area contributed by atoms with Crippen LogP contribution in [0.15, 0.2) is 54.7 Å². The third kappa shape index (κ3) is 8.37. The van der Waals surface area contributed by atoms with Crippen molar-refractivity contribution < 1.29 is 28.6 Å². The summed E-state index contributed by atoms with van der Waals surface area (Å²) in [5.41, 5.74) is 2.23. The molecular weight excluding hydrogens is 676 g/mol. The van der Waals surface area contributed by atoms with Gasteiger partial charge in [0.05, 0.1) is 30.7 Å². The molecule has 284 valence electrons. The Bertz CT molecular complexity index is 1810. The molecule has 0 radical (unpaired) electrons. The Morgan fingerprint density at radius 3 is 2.57 bits per heavy atom. The maximum absolute atomic E-state index is 13.4. The van der Waals surface area contributed by atoms with E-state index in [-0.39, 0.29) is 48.4 Å². The zero-order valence-corrected chi connectivity index (χ0v) is 31.3. The summed E-state index contributed by atoms with van der Waals surface area (Å²) in [4.78, 5) is 50.8. The van der Waals surface area contributed by atoms with Crippen LogP contribution in [0.1, 0.15) is 63.0 Å². The predicted octanol–water partition coefficient (Wildman–Crippen LogP) is 4.76.